The molecule has 1 saturated heterocycles. The summed E-state index contributed by atoms with van der Waals surface area (Å²) in [5.74, 6) is -0.122. The third-order valence-corrected chi connectivity index (χ3v) is 5.12. The minimum atomic E-state index is -0.667. The van der Waals surface area contributed by atoms with Crippen molar-refractivity contribution in [2.45, 2.75) is 32.5 Å². The Kier molecular flexibility index (Phi) is 4.79. The lowest BCUT2D eigenvalue weighted by molar-refractivity contribution is 0.0952. The van der Waals surface area contributed by atoms with Crippen molar-refractivity contribution < 1.29 is 9.18 Å². The minimum absolute atomic E-state index is 0.122. The zero-order valence-corrected chi connectivity index (χ0v) is 15.4. The highest BCUT2D eigenvalue weighted by Gasteiger charge is 2.19. The van der Waals surface area contributed by atoms with E-state index in [1.165, 1.54) is 0 Å². The van der Waals surface area contributed by atoms with E-state index in [0.29, 0.717) is 30.6 Å². The molecule has 27 heavy (non-hydrogen) atoms. The summed E-state index contributed by atoms with van der Waals surface area (Å²) in [5.41, 5.74) is 4.27. The lowest BCUT2D eigenvalue weighted by atomic mass is 10.1. The number of nitrogens with zero attached hydrogens (tertiary/aromatic N) is 3. The van der Waals surface area contributed by atoms with Crippen molar-refractivity contribution in [3.63, 3.8) is 0 Å². The Morgan fingerprint density at radius 1 is 1.19 bits per heavy atom. The maximum absolute atomic E-state index is 13.3. The van der Waals surface area contributed by atoms with Crippen LogP contribution in [0.15, 0.2) is 48.7 Å². The number of piperidine rings is 1. The lowest BCUT2D eigenvalue weighted by Gasteiger charge is -2.30. The summed E-state index contributed by atoms with van der Waals surface area (Å²) in [5, 5.41) is 7.37. The predicted molar refractivity (Wildman–Crippen MR) is 104 cm³/mol. The van der Waals surface area contributed by atoms with Gasteiger partial charge in [0.15, 0.2) is 0 Å². The molecule has 1 amide bonds. The van der Waals surface area contributed by atoms with Crippen LogP contribution in [0.2, 0.25) is 0 Å². The smallest absolute Gasteiger partial charge is 0.255 e. The molecule has 1 aliphatic heterocycles. The number of aryl methyl sites for hydroxylation is 1. The molecule has 0 unspecified atom stereocenters. The number of rotatable bonds is 4. The molecule has 1 fully saturated rings. The van der Waals surface area contributed by atoms with Gasteiger partial charge in [-0.1, -0.05) is 18.2 Å². The van der Waals surface area contributed by atoms with Crippen molar-refractivity contribution in [3.8, 4) is 0 Å². The molecular weight excluding hydrogens is 343 g/mol. The molecule has 0 atom stereocenters. The van der Waals surface area contributed by atoms with Crippen LogP contribution in [0.25, 0.3) is 5.52 Å². The lowest BCUT2D eigenvalue weighted by Crippen LogP contribution is -2.34. The molecule has 0 spiro atoms. The molecule has 4 rings (SSSR count). The molecule has 3 aromatic rings. The Labute approximate surface area is 157 Å². The maximum Gasteiger partial charge on any atom is 0.255 e. The number of benzene rings is 1. The van der Waals surface area contributed by atoms with Crippen LogP contribution in [0.5, 0.6) is 0 Å². The summed E-state index contributed by atoms with van der Waals surface area (Å²) in [7, 11) is 0. The second-order valence-electron chi connectivity index (χ2n) is 7.00. The van der Waals surface area contributed by atoms with Gasteiger partial charge in [-0.25, -0.2) is 8.91 Å². The Hall–Kier alpha value is -2.89. The predicted octanol–water partition coefficient (Wildman–Crippen LogP) is 3.51. The molecule has 1 aromatic carbocycles. The van der Waals surface area contributed by atoms with E-state index in [-0.39, 0.29) is 5.91 Å². The fourth-order valence-corrected chi connectivity index (χ4v) is 3.60. The van der Waals surface area contributed by atoms with Gasteiger partial charge >= 0.3 is 0 Å². The summed E-state index contributed by atoms with van der Waals surface area (Å²) < 4.78 is 15.0. The summed E-state index contributed by atoms with van der Waals surface area (Å²) in [6, 6.07) is 13.8. The fourth-order valence-electron chi connectivity index (χ4n) is 3.60. The van der Waals surface area contributed by atoms with Gasteiger partial charge in [-0.2, -0.15) is 5.10 Å². The number of nitrogens with one attached hydrogen (secondary N) is 1. The Morgan fingerprint density at radius 2 is 1.93 bits per heavy atom. The number of pyridine rings is 1. The van der Waals surface area contributed by atoms with Crippen LogP contribution in [-0.2, 0) is 6.54 Å². The van der Waals surface area contributed by atoms with Gasteiger partial charge in [0.05, 0.1) is 16.8 Å². The number of alkyl halides is 1. The molecule has 5 nitrogen and oxygen atoms in total. The number of anilines is 1. The average molecular weight is 366 g/mol. The summed E-state index contributed by atoms with van der Waals surface area (Å²) >= 11 is 0. The summed E-state index contributed by atoms with van der Waals surface area (Å²) in [6.45, 7) is 3.81. The number of fused-ring (bicyclic) bond motifs is 1. The zero-order chi connectivity index (χ0) is 18.8. The van der Waals surface area contributed by atoms with Gasteiger partial charge < -0.3 is 10.2 Å². The molecule has 0 saturated carbocycles. The third kappa shape index (κ3) is 3.65. The Bertz CT molecular complexity index is 942. The number of hydrogen-bond acceptors (Lipinski definition) is 3. The number of carbonyl (C=O) groups excluding carboxylic acids is 1. The molecule has 0 bridgehead atoms. The first-order valence-electron chi connectivity index (χ1n) is 9.32. The molecule has 3 heterocycles. The van der Waals surface area contributed by atoms with Crippen LogP contribution in [-0.4, -0.2) is 34.8 Å². The van der Waals surface area contributed by atoms with E-state index < -0.39 is 6.17 Å². The van der Waals surface area contributed by atoms with Crippen LogP contribution >= 0.6 is 0 Å². The van der Waals surface area contributed by atoms with E-state index in [1.54, 1.807) is 4.52 Å². The highest BCUT2D eigenvalue weighted by molar-refractivity contribution is 6.01. The zero-order valence-electron chi connectivity index (χ0n) is 15.4. The van der Waals surface area contributed by atoms with Crippen LogP contribution in [0.1, 0.15) is 34.5 Å². The normalized spacial score (nSPS) is 15.3. The maximum atomic E-state index is 13.3. The van der Waals surface area contributed by atoms with Crippen molar-refractivity contribution in [1.29, 1.82) is 0 Å². The number of aromatic nitrogens is 2. The number of carbonyl (C=O) groups is 1. The first-order chi connectivity index (χ1) is 13.1. The average Bonchev–Trinajstić information content (AvgIpc) is 3.03. The first-order valence-corrected chi connectivity index (χ1v) is 9.32. The molecule has 2 aromatic heterocycles. The quantitative estimate of drug-likeness (QED) is 0.769. The SMILES string of the molecule is Cc1nn2ccccc2c1C(=O)NCc1ccc(N2CCC(F)CC2)cc1. The standard InChI is InChI=1S/C21H23FN4O/c1-15-20(19-4-2-3-11-26(19)24-15)21(27)23-14-16-5-7-18(8-6-16)25-12-9-17(22)10-13-25/h2-8,11,17H,9-10,12-14H2,1H3,(H,23,27). The first kappa shape index (κ1) is 17.5. The van der Waals surface area contributed by atoms with Crippen molar-refractivity contribution in [2.24, 2.45) is 0 Å². The van der Waals surface area contributed by atoms with Crippen molar-refractivity contribution in [1.82, 2.24) is 14.9 Å². The molecule has 0 aliphatic carbocycles. The third-order valence-electron chi connectivity index (χ3n) is 5.12. The summed E-state index contributed by atoms with van der Waals surface area (Å²) in [6.07, 6.45) is 2.36. The molecule has 0 radical (unpaired) electrons. The van der Waals surface area contributed by atoms with Gasteiger partial charge in [0.2, 0.25) is 0 Å². The van der Waals surface area contributed by atoms with Crippen molar-refractivity contribution >= 4 is 17.1 Å². The van der Waals surface area contributed by atoms with Gasteiger partial charge in [0.1, 0.15) is 6.17 Å². The van der Waals surface area contributed by atoms with Crippen LogP contribution in [0.4, 0.5) is 10.1 Å². The van der Waals surface area contributed by atoms with E-state index >= 15 is 0 Å². The van der Waals surface area contributed by atoms with Crippen LogP contribution < -0.4 is 10.2 Å². The Balaban J connectivity index is 1.41. The van der Waals surface area contributed by atoms with Gasteiger partial charge in [-0.15, -0.1) is 0 Å². The van der Waals surface area contributed by atoms with Crippen LogP contribution in [0.3, 0.4) is 0 Å². The topological polar surface area (TPSA) is 49.6 Å². The van der Waals surface area contributed by atoms with Gasteiger partial charge in [-0.05, 0) is 49.6 Å². The van der Waals surface area contributed by atoms with Crippen molar-refractivity contribution in [2.75, 3.05) is 18.0 Å². The Morgan fingerprint density at radius 3 is 2.67 bits per heavy atom. The highest BCUT2D eigenvalue weighted by atomic mass is 19.1. The van der Waals surface area contributed by atoms with Gasteiger partial charge in [0.25, 0.3) is 5.91 Å². The number of amides is 1. The van der Waals surface area contributed by atoms with Gasteiger partial charge in [0, 0.05) is 31.5 Å². The van der Waals surface area contributed by atoms with E-state index in [2.05, 4.69) is 15.3 Å². The van der Waals surface area contributed by atoms with E-state index in [9.17, 15) is 9.18 Å². The number of halogens is 1. The monoisotopic (exact) mass is 366 g/mol. The summed E-state index contributed by atoms with van der Waals surface area (Å²) in [4.78, 5) is 14.9. The molecule has 1 N–H and O–H groups in total. The molecule has 140 valence electrons. The molecule has 1 aliphatic rings. The number of hydrogen-bond donors (Lipinski definition) is 1. The van der Waals surface area contributed by atoms with E-state index in [4.69, 9.17) is 0 Å². The largest absolute Gasteiger partial charge is 0.371 e. The van der Waals surface area contributed by atoms with E-state index in [1.807, 2.05) is 55.6 Å². The van der Waals surface area contributed by atoms with Crippen LogP contribution in [0, 0.1) is 6.92 Å². The van der Waals surface area contributed by atoms with Crippen molar-refractivity contribution in [3.05, 3.63) is 65.5 Å². The van der Waals surface area contributed by atoms with E-state index in [0.717, 1.165) is 29.9 Å². The van der Waals surface area contributed by atoms with Gasteiger partial charge in [-0.3, -0.25) is 4.79 Å². The fraction of sp³-hybridized carbons (Fsp3) is 0.333. The molecule has 6 heteroatoms. The molecular formula is C21H23FN4O. The minimum Gasteiger partial charge on any atom is -0.371 e. The highest BCUT2D eigenvalue weighted by Crippen LogP contribution is 2.22. The second-order valence-corrected chi connectivity index (χ2v) is 7.00. The second kappa shape index (κ2) is 7.39.